The first-order valence-corrected chi connectivity index (χ1v) is 7.14. The van der Waals surface area contributed by atoms with Gasteiger partial charge in [0.1, 0.15) is 0 Å². The number of hydrogen-bond donors (Lipinski definition) is 1. The van der Waals surface area contributed by atoms with Crippen LogP contribution in [-0.4, -0.2) is 30.8 Å². The Bertz CT molecular complexity index is 678. The highest BCUT2D eigenvalue weighted by Crippen LogP contribution is 2.11. The maximum absolute atomic E-state index is 12.4. The number of nitrogens with one attached hydrogen (secondary N) is 1. The van der Waals surface area contributed by atoms with E-state index >= 15 is 0 Å². The van der Waals surface area contributed by atoms with Crippen LogP contribution in [-0.2, 0) is 6.54 Å². The minimum absolute atomic E-state index is 0.0147. The van der Waals surface area contributed by atoms with Crippen LogP contribution in [0.3, 0.4) is 0 Å². The van der Waals surface area contributed by atoms with E-state index in [0.29, 0.717) is 17.7 Å². The predicted molar refractivity (Wildman–Crippen MR) is 86.8 cm³/mol. The minimum Gasteiger partial charge on any atom is -0.355 e. The highest BCUT2D eigenvalue weighted by molar-refractivity contribution is 5.94. The van der Waals surface area contributed by atoms with Crippen molar-refractivity contribution in [1.82, 2.24) is 10.2 Å². The van der Waals surface area contributed by atoms with Gasteiger partial charge in [-0.05, 0) is 36.8 Å². The van der Waals surface area contributed by atoms with E-state index in [1.54, 1.807) is 31.1 Å². The summed E-state index contributed by atoms with van der Waals surface area (Å²) in [6, 6.07) is 14.8. The SMILES string of the molecule is CNC(=O)c1ccc(CN(C)C(=O)c2cccc(C)c2)cc1. The van der Waals surface area contributed by atoms with Crippen molar-refractivity contribution in [3.63, 3.8) is 0 Å². The summed E-state index contributed by atoms with van der Waals surface area (Å²) < 4.78 is 0. The Kier molecular flexibility index (Phi) is 4.94. The molecule has 22 heavy (non-hydrogen) atoms. The van der Waals surface area contributed by atoms with E-state index in [1.807, 2.05) is 43.3 Å². The van der Waals surface area contributed by atoms with Gasteiger partial charge in [-0.2, -0.15) is 0 Å². The zero-order chi connectivity index (χ0) is 16.1. The lowest BCUT2D eigenvalue weighted by Crippen LogP contribution is -2.26. The van der Waals surface area contributed by atoms with Gasteiger partial charge in [-0.15, -0.1) is 0 Å². The molecule has 0 radical (unpaired) electrons. The van der Waals surface area contributed by atoms with E-state index in [1.165, 1.54) is 0 Å². The highest BCUT2D eigenvalue weighted by atomic mass is 16.2. The van der Waals surface area contributed by atoms with Crippen LogP contribution in [0.1, 0.15) is 31.8 Å². The van der Waals surface area contributed by atoms with Crippen molar-refractivity contribution in [2.75, 3.05) is 14.1 Å². The van der Waals surface area contributed by atoms with Gasteiger partial charge in [0.05, 0.1) is 0 Å². The number of aryl methyl sites for hydroxylation is 1. The first-order valence-electron chi connectivity index (χ1n) is 7.14. The van der Waals surface area contributed by atoms with Crippen LogP contribution in [0.4, 0.5) is 0 Å². The fraction of sp³-hybridized carbons (Fsp3) is 0.222. The molecular weight excluding hydrogens is 276 g/mol. The molecule has 2 rings (SSSR count). The fourth-order valence-corrected chi connectivity index (χ4v) is 2.25. The van der Waals surface area contributed by atoms with Crippen molar-refractivity contribution < 1.29 is 9.59 Å². The quantitative estimate of drug-likeness (QED) is 0.943. The molecule has 1 N–H and O–H groups in total. The molecule has 0 spiro atoms. The molecule has 2 aromatic carbocycles. The number of carbonyl (C=O) groups is 2. The molecule has 0 bridgehead atoms. The topological polar surface area (TPSA) is 49.4 Å². The second kappa shape index (κ2) is 6.89. The lowest BCUT2D eigenvalue weighted by atomic mass is 10.1. The monoisotopic (exact) mass is 296 g/mol. The molecule has 0 aliphatic heterocycles. The Hall–Kier alpha value is -2.62. The minimum atomic E-state index is -0.115. The second-order valence-electron chi connectivity index (χ2n) is 5.31. The largest absolute Gasteiger partial charge is 0.355 e. The van der Waals surface area contributed by atoms with Crippen LogP contribution in [0, 0.1) is 6.92 Å². The fourth-order valence-electron chi connectivity index (χ4n) is 2.25. The van der Waals surface area contributed by atoms with Crippen LogP contribution in [0.2, 0.25) is 0 Å². The molecule has 4 nitrogen and oxygen atoms in total. The first kappa shape index (κ1) is 15.8. The molecule has 0 aliphatic rings. The van der Waals surface area contributed by atoms with Crippen molar-refractivity contribution in [1.29, 1.82) is 0 Å². The second-order valence-corrected chi connectivity index (χ2v) is 5.31. The first-order chi connectivity index (χ1) is 10.5. The standard InChI is InChI=1S/C18H20N2O2/c1-13-5-4-6-16(11-13)18(22)20(3)12-14-7-9-15(10-8-14)17(21)19-2/h4-11H,12H2,1-3H3,(H,19,21). The van der Waals surface area contributed by atoms with Crippen molar-refractivity contribution in [2.45, 2.75) is 13.5 Å². The predicted octanol–water partition coefficient (Wildman–Crippen LogP) is 2.63. The van der Waals surface area contributed by atoms with Gasteiger partial charge < -0.3 is 10.2 Å². The molecule has 2 amide bonds. The summed E-state index contributed by atoms with van der Waals surface area (Å²) in [5.74, 6) is -0.130. The number of amides is 2. The number of benzene rings is 2. The Morgan fingerprint density at radius 3 is 2.32 bits per heavy atom. The lowest BCUT2D eigenvalue weighted by Gasteiger charge is -2.17. The molecular formula is C18H20N2O2. The van der Waals surface area contributed by atoms with Crippen LogP contribution in [0.5, 0.6) is 0 Å². The van der Waals surface area contributed by atoms with Gasteiger partial charge in [0.2, 0.25) is 0 Å². The summed E-state index contributed by atoms with van der Waals surface area (Å²) in [5, 5.41) is 2.58. The summed E-state index contributed by atoms with van der Waals surface area (Å²) in [4.78, 5) is 25.6. The zero-order valence-corrected chi connectivity index (χ0v) is 13.1. The number of nitrogens with zero attached hydrogens (tertiary/aromatic N) is 1. The molecule has 0 saturated carbocycles. The smallest absolute Gasteiger partial charge is 0.253 e. The third-order valence-corrected chi connectivity index (χ3v) is 3.47. The van der Waals surface area contributed by atoms with Gasteiger partial charge in [-0.25, -0.2) is 0 Å². The number of rotatable bonds is 4. The van der Waals surface area contributed by atoms with Gasteiger partial charge in [0.25, 0.3) is 11.8 Å². The van der Waals surface area contributed by atoms with Crippen molar-refractivity contribution in [3.05, 3.63) is 70.8 Å². The van der Waals surface area contributed by atoms with Crippen LogP contribution in [0.25, 0.3) is 0 Å². The summed E-state index contributed by atoms with van der Waals surface area (Å²) in [7, 11) is 3.38. The average Bonchev–Trinajstić information content (AvgIpc) is 2.54. The average molecular weight is 296 g/mol. The number of hydrogen-bond acceptors (Lipinski definition) is 2. The van der Waals surface area contributed by atoms with Crippen molar-refractivity contribution in [2.24, 2.45) is 0 Å². The molecule has 114 valence electrons. The lowest BCUT2D eigenvalue weighted by molar-refractivity contribution is 0.0784. The van der Waals surface area contributed by atoms with Crippen LogP contribution < -0.4 is 5.32 Å². The maximum atomic E-state index is 12.4. The van der Waals surface area contributed by atoms with Gasteiger partial charge in [-0.3, -0.25) is 9.59 Å². The summed E-state index contributed by atoms with van der Waals surface area (Å²) >= 11 is 0. The molecule has 0 saturated heterocycles. The van der Waals surface area contributed by atoms with Gasteiger partial charge in [0.15, 0.2) is 0 Å². The van der Waals surface area contributed by atoms with Gasteiger partial charge in [0, 0.05) is 31.8 Å². The van der Waals surface area contributed by atoms with E-state index in [4.69, 9.17) is 0 Å². The molecule has 0 heterocycles. The molecule has 0 unspecified atom stereocenters. The Balaban J connectivity index is 2.06. The van der Waals surface area contributed by atoms with Crippen molar-refractivity contribution in [3.8, 4) is 0 Å². The van der Waals surface area contributed by atoms with E-state index in [0.717, 1.165) is 11.1 Å². The maximum Gasteiger partial charge on any atom is 0.253 e. The third kappa shape index (κ3) is 3.73. The van der Waals surface area contributed by atoms with E-state index in [2.05, 4.69) is 5.32 Å². The normalized spacial score (nSPS) is 10.1. The Morgan fingerprint density at radius 1 is 1.05 bits per heavy atom. The van der Waals surface area contributed by atoms with Gasteiger partial charge >= 0.3 is 0 Å². The Labute approximate surface area is 130 Å². The summed E-state index contributed by atoms with van der Waals surface area (Å²) in [6.45, 7) is 2.47. The van der Waals surface area contributed by atoms with Crippen LogP contribution >= 0.6 is 0 Å². The Morgan fingerprint density at radius 2 is 1.73 bits per heavy atom. The third-order valence-electron chi connectivity index (χ3n) is 3.47. The molecule has 0 fully saturated rings. The molecule has 4 heteroatoms. The molecule has 2 aromatic rings. The summed E-state index contributed by atoms with van der Waals surface area (Å²) in [6.07, 6.45) is 0. The molecule has 0 atom stereocenters. The molecule has 0 aromatic heterocycles. The molecule has 0 aliphatic carbocycles. The van der Waals surface area contributed by atoms with E-state index in [-0.39, 0.29) is 11.8 Å². The highest BCUT2D eigenvalue weighted by Gasteiger charge is 2.12. The van der Waals surface area contributed by atoms with Crippen LogP contribution in [0.15, 0.2) is 48.5 Å². The zero-order valence-electron chi connectivity index (χ0n) is 13.1. The van der Waals surface area contributed by atoms with Gasteiger partial charge in [-0.1, -0.05) is 29.8 Å². The van der Waals surface area contributed by atoms with E-state index in [9.17, 15) is 9.59 Å². The van der Waals surface area contributed by atoms with E-state index < -0.39 is 0 Å². The number of carbonyl (C=O) groups excluding carboxylic acids is 2. The van der Waals surface area contributed by atoms with Crippen molar-refractivity contribution >= 4 is 11.8 Å². The summed E-state index contributed by atoms with van der Waals surface area (Å²) in [5.41, 5.74) is 3.34.